The SMILES string of the molecule is O=C1C(=O)N(c2ccccc2O)C(c2ccncc2)/C1=C(/O)c1c[nH]c2ccccc12. The van der Waals surface area contributed by atoms with Crippen molar-refractivity contribution in [2.75, 3.05) is 4.90 Å². The summed E-state index contributed by atoms with van der Waals surface area (Å²) in [6, 6.07) is 16.1. The quantitative estimate of drug-likeness (QED) is 0.269. The minimum Gasteiger partial charge on any atom is -0.507 e. The number of carbonyl (C=O) groups excluding carboxylic acids is 2. The van der Waals surface area contributed by atoms with Crippen LogP contribution in [0.4, 0.5) is 5.69 Å². The van der Waals surface area contributed by atoms with Crippen molar-refractivity contribution in [2.24, 2.45) is 0 Å². The van der Waals surface area contributed by atoms with Crippen LogP contribution in [0.25, 0.3) is 16.7 Å². The van der Waals surface area contributed by atoms with E-state index in [1.165, 1.54) is 11.0 Å². The van der Waals surface area contributed by atoms with E-state index in [4.69, 9.17) is 0 Å². The van der Waals surface area contributed by atoms with Crippen LogP contribution in [-0.2, 0) is 9.59 Å². The van der Waals surface area contributed by atoms with E-state index in [2.05, 4.69) is 9.97 Å². The lowest BCUT2D eigenvalue weighted by molar-refractivity contribution is -0.132. The molecule has 1 aliphatic rings. The fourth-order valence-corrected chi connectivity index (χ4v) is 4.02. The molecule has 5 rings (SSSR count). The number of phenols is 1. The molecule has 0 aliphatic carbocycles. The molecule has 2 aromatic heterocycles. The van der Waals surface area contributed by atoms with Crippen molar-refractivity contribution in [1.82, 2.24) is 9.97 Å². The molecule has 0 spiro atoms. The Morgan fingerprint density at radius 2 is 1.68 bits per heavy atom. The third-order valence-electron chi connectivity index (χ3n) is 5.45. The minimum absolute atomic E-state index is 0.0517. The van der Waals surface area contributed by atoms with Gasteiger partial charge in [-0.2, -0.15) is 0 Å². The summed E-state index contributed by atoms with van der Waals surface area (Å²) >= 11 is 0. The first-order chi connectivity index (χ1) is 15.1. The van der Waals surface area contributed by atoms with Gasteiger partial charge in [0.2, 0.25) is 0 Å². The van der Waals surface area contributed by atoms with Gasteiger partial charge in [-0.05, 0) is 35.9 Å². The van der Waals surface area contributed by atoms with Gasteiger partial charge >= 0.3 is 0 Å². The van der Waals surface area contributed by atoms with E-state index in [-0.39, 0.29) is 22.8 Å². The van der Waals surface area contributed by atoms with Crippen LogP contribution in [0.3, 0.4) is 0 Å². The van der Waals surface area contributed by atoms with Gasteiger partial charge in [-0.3, -0.25) is 19.5 Å². The Morgan fingerprint density at radius 1 is 0.968 bits per heavy atom. The van der Waals surface area contributed by atoms with Gasteiger partial charge in [0.25, 0.3) is 11.7 Å². The van der Waals surface area contributed by atoms with Gasteiger partial charge in [-0.1, -0.05) is 30.3 Å². The highest BCUT2D eigenvalue weighted by molar-refractivity contribution is 6.52. The highest BCUT2D eigenvalue weighted by Gasteiger charge is 2.47. The average molecular weight is 411 g/mol. The normalized spacial score (nSPS) is 18.1. The number of amides is 1. The zero-order valence-electron chi connectivity index (χ0n) is 16.2. The summed E-state index contributed by atoms with van der Waals surface area (Å²) in [4.78, 5) is 34.5. The molecule has 7 heteroatoms. The van der Waals surface area contributed by atoms with Gasteiger partial charge in [-0.15, -0.1) is 0 Å². The van der Waals surface area contributed by atoms with Crippen LogP contribution in [0.1, 0.15) is 17.2 Å². The minimum atomic E-state index is -0.926. The molecular weight excluding hydrogens is 394 g/mol. The summed E-state index contributed by atoms with van der Waals surface area (Å²) in [6.45, 7) is 0. The number of aromatic hydroxyl groups is 1. The van der Waals surface area contributed by atoms with E-state index in [0.717, 1.165) is 10.9 Å². The van der Waals surface area contributed by atoms with Gasteiger partial charge in [0.05, 0.1) is 17.3 Å². The lowest BCUT2D eigenvalue weighted by atomic mass is 9.95. The Labute approximate surface area is 176 Å². The number of nitrogens with one attached hydrogen (secondary N) is 1. The molecule has 1 fully saturated rings. The van der Waals surface area contributed by atoms with Gasteiger partial charge < -0.3 is 15.2 Å². The van der Waals surface area contributed by atoms with Gasteiger partial charge in [0.1, 0.15) is 11.5 Å². The average Bonchev–Trinajstić information content (AvgIpc) is 3.34. The van der Waals surface area contributed by atoms with Crippen LogP contribution in [0, 0.1) is 0 Å². The number of hydrogen-bond donors (Lipinski definition) is 3. The highest BCUT2D eigenvalue weighted by atomic mass is 16.3. The Bertz CT molecular complexity index is 1360. The first-order valence-corrected chi connectivity index (χ1v) is 9.63. The number of nitrogens with zero attached hydrogens (tertiary/aromatic N) is 2. The second kappa shape index (κ2) is 7.14. The summed E-state index contributed by atoms with van der Waals surface area (Å²) in [7, 11) is 0. The second-order valence-corrected chi connectivity index (χ2v) is 7.19. The number of aromatic nitrogens is 2. The second-order valence-electron chi connectivity index (χ2n) is 7.19. The van der Waals surface area contributed by atoms with Gasteiger partial charge in [0, 0.05) is 35.1 Å². The van der Waals surface area contributed by atoms with E-state index in [1.54, 1.807) is 48.9 Å². The number of pyridine rings is 1. The van der Waals surface area contributed by atoms with Crippen LogP contribution >= 0.6 is 0 Å². The molecule has 0 saturated carbocycles. The van der Waals surface area contributed by atoms with Crippen molar-refractivity contribution in [2.45, 2.75) is 6.04 Å². The Balaban J connectivity index is 1.78. The van der Waals surface area contributed by atoms with Gasteiger partial charge in [-0.25, -0.2) is 0 Å². The van der Waals surface area contributed by atoms with Crippen LogP contribution in [0.5, 0.6) is 5.75 Å². The van der Waals surface area contributed by atoms with Crippen LogP contribution in [0.15, 0.2) is 84.8 Å². The molecule has 1 aliphatic heterocycles. The number of fused-ring (bicyclic) bond motifs is 1. The van der Waals surface area contributed by atoms with E-state index in [9.17, 15) is 19.8 Å². The molecule has 1 atom stereocenters. The van der Waals surface area contributed by atoms with Crippen LogP contribution in [0.2, 0.25) is 0 Å². The molecule has 0 radical (unpaired) electrons. The van der Waals surface area contributed by atoms with Crippen LogP contribution in [-0.4, -0.2) is 31.9 Å². The fraction of sp³-hybridized carbons (Fsp3) is 0.0417. The number of aromatic amines is 1. The largest absolute Gasteiger partial charge is 0.507 e. The zero-order chi connectivity index (χ0) is 21.5. The first kappa shape index (κ1) is 18.6. The molecule has 1 unspecified atom stereocenters. The van der Waals surface area contributed by atoms with E-state index in [1.807, 2.05) is 24.3 Å². The van der Waals surface area contributed by atoms with Gasteiger partial charge in [0.15, 0.2) is 0 Å². The molecule has 31 heavy (non-hydrogen) atoms. The number of Topliss-reactive ketones (excluding diaryl/α,β-unsaturated/α-hetero) is 1. The predicted octanol–water partition coefficient (Wildman–Crippen LogP) is 3.89. The number of para-hydroxylation sites is 3. The Hall–Kier alpha value is -4.39. The monoisotopic (exact) mass is 411 g/mol. The third-order valence-corrected chi connectivity index (χ3v) is 5.45. The number of benzene rings is 2. The number of H-pyrrole nitrogens is 1. The smallest absolute Gasteiger partial charge is 0.300 e. The summed E-state index contributed by atoms with van der Waals surface area (Å²) < 4.78 is 0. The topological polar surface area (TPSA) is 107 Å². The summed E-state index contributed by atoms with van der Waals surface area (Å²) in [5.41, 5.74) is 1.93. The van der Waals surface area contributed by atoms with Crippen molar-refractivity contribution < 1.29 is 19.8 Å². The van der Waals surface area contributed by atoms with Crippen molar-refractivity contribution in [3.8, 4) is 5.75 Å². The van der Waals surface area contributed by atoms with E-state index >= 15 is 0 Å². The number of anilines is 1. The molecule has 1 amide bonds. The predicted molar refractivity (Wildman–Crippen MR) is 115 cm³/mol. The van der Waals surface area contributed by atoms with Crippen molar-refractivity contribution in [3.63, 3.8) is 0 Å². The molecule has 0 bridgehead atoms. The third kappa shape index (κ3) is 2.86. The number of hydrogen-bond acceptors (Lipinski definition) is 5. The fourth-order valence-electron chi connectivity index (χ4n) is 4.02. The molecule has 3 heterocycles. The number of aliphatic hydroxyl groups excluding tert-OH is 1. The summed E-state index contributed by atoms with van der Waals surface area (Å²) in [5.74, 6) is -2.08. The number of ketones is 1. The molecule has 2 aromatic carbocycles. The number of rotatable bonds is 3. The molecule has 4 aromatic rings. The molecule has 1 saturated heterocycles. The maximum atomic E-state index is 13.1. The maximum Gasteiger partial charge on any atom is 0.300 e. The lowest BCUT2D eigenvalue weighted by Crippen LogP contribution is -2.29. The molecular formula is C24H17N3O4. The standard InChI is InChI=1S/C24H17N3O4/c28-19-8-4-3-7-18(19)27-21(14-9-11-25-12-10-14)20(23(30)24(27)31)22(29)16-13-26-17-6-2-1-5-15(16)17/h1-13,21,26,28-29H/b22-20-. The molecule has 7 nitrogen and oxygen atoms in total. The number of carbonyl (C=O) groups is 2. The van der Waals surface area contributed by atoms with E-state index in [0.29, 0.717) is 11.1 Å². The summed E-state index contributed by atoms with van der Waals surface area (Å²) in [5, 5.41) is 22.4. The first-order valence-electron chi connectivity index (χ1n) is 9.63. The molecule has 152 valence electrons. The van der Waals surface area contributed by atoms with E-state index < -0.39 is 17.7 Å². The lowest BCUT2D eigenvalue weighted by Gasteiger charge is -2.25. The molecule has 3 N–H and O–H groups in total. The van der Waals surface area contributed by atoms with Crippen molar-refractivity contribution in [3.05, 3.63) is 96.0 Å². The summed E-state index contributed by atoms with van der Waals surface area (Å²) in [6.07, 6.45) is 4.70. The van der Waals surface area contributed by atoms with Crippen LogP contribution < -0.4 is 4.90 Å². The number of phenolic OH excluding ortho intramolecular Hbond substituents is 1. The maximum absolute atomic E-state index is 13.1. The highest BCUT2D eigenvalue weighted by Crippen LogP contribution is 2.44. The van der Waals surface area contributed by atoms with Crippen molar-refractivity contribution in [1.29, 1.82) is 0 Å². The number of aliphatic hydroxyl groups is 1. The van der Waals surface area contributed by atoms with Crippen molar-refractivity contribution >= 4 is 34.0 Å². The Morgan fingerprint density at radius 3 is 2.45 bits per heavy atom. The Kier molecular flexibility index (Phi) is 4.29. The zero-order valence-corrected chi connectivity index (χ0v) is 16.2.